The number of hydrogen-bond acceptors (Lipinski definition) is 2. The number of rotatable bonds is 2. The molecule has 1 atom stereocenters. The largest absolute Gasteiger partial charge is 0.309 e. The maximum absolute atomic E-state index is 4.63. The molecular formula is C21H24N2Si. The fraction of sp³-hybridized carbons (Fsp3) is 0.381. The molecule has 3 rings (SSSR count). The molecule has 1 N–H and O–H groups in total. The highest BCUT2D eigenvalue weighted by Crippen LogP contribution is 2.26. The molecule has 1 aromatic carbocycles. The summed E-state index contributed by atoms with van der Waals surface area (Å²) in [5, 5.41) is 3.53. The molecule has 2 aliphatic rings. The summed E-state index contributed by atoms with van der Waals surface area (Å²) in [7, 11) is -1.33. The van der Waals surface area contributed by atoms with Crippen molar-refractivity contribution in [1.29, 1.82) is 0 Å². The van der Waals surface area contributed by atoms with Crippen LogP contribution in [-0.2, 0) is 0 Å². The van der Waals surface area contributed by atoms with E-state index in [0.717, 1.165) is 18.5 Å². The lowest BCUT2D eigenvalue weighted by Gasteiger charge is -2.10. The van der Waals surface area contributed by atoms with Gasteiger partial charge in [-0.2, -0.15) is 0 Å². The van der Waals surface area contributed by atoms with Gasteiger partial charge in [0, 0.05) is 29.9 Å². The van der Waals surface area contributed by atoms with Crippen LogP contribution in [0.5, 0.6) is 0 Å². The minimum absolute atomic E-state index is 0.480. The van der Waals surface area contributed by atoms with Crippen LogP contribution in [0.25, 0.3) is 5.57 Å². The van der Waals surface area contributed by atoms with Gasteiger partial charge >= 0.3 is 0 Å². The fourth-order valence-electron chi connectivity index (χ4n) is 2.90. The van der Waals surface area contributed by atoms with Crippen molar-refractivity contribution in [1.82, 2.24) is 5.32 Å². The molecule has 0 saturated carbocycles. The zero-order valence-electron chi connectivity index (χ0n) is 14.7. The Morgan fingerprint density at radius 3 is 2.58 bits per heavy atom. The number of allylic oxidation sites excluding steroid dienone is 1. The lowest BCUT2D eigenvalue weighted by atomic mass is 9.98. The second-order valence-corrected chi connectivity index (χ2v) is 12.2. The van der Waals surface area contributed by atoms with Gasteiger partial charge < -0.3 is 5.32 Å². The first-order valence-electron chi connectivity index (χ1n) is 8.64. The summed E-state index contributed by atoms with van der Waals surface area (Å²) >= 11 is 0. The van der Waals surface area contributed by atoms with Crippen molar-refractivity contribution in [2.75, 3.05) is 6.54 Å². The van der Waals surface area contributed by atoms with Crippen LogP contribution in [0, 0.1) is 23.3 Å². The van der Waals surface area contributed by atoms with Gasteiger partial charge in [0.05, 0.1) is 0 Å². The molecule has 0 aromatic heterocycles. The first kappa shape index (κ1) is 16.8. The quantitative estimate of drug-likeness (QED) is 0.645. The van der Waals surface area contributed by atoms with Crippen molar-refractivity contribution >= 4 is 19.4 Å². The zero-order valence-corrected chi connectivity index (χ0v) is 15.7. The topological polar surface area (TPSA) is 24.4 Å². The summed E-state index contributed by atoms with van der Waals surface area (Å²) in [4.78, 5) is 4.63. The molecule has 122 valence electrons. The van der Waals surface area contributed by atoms with Crippen molar-refractivity contribution in [3.05, 3.63) is 41.6 Å². The fourth-order valence-corrected chi connectivity index (χ4v) is 3.33. The van der Waals surface area contributed by atoms with Crippen LogP contribution in [0.1, 0.15) is 30.4 Å². The van der Waals surface area contributed by atoms with Crippen LogP contribution >= 0.6 is 0 Å². The number of nitrogens with one attached hydrogen (secondary N) is 1. The highest BCUT2D eigenvalue weighted by molar-refractivity contribution is 6.83. The molecular weight excluding hydrogens is 308 g/mol. The molecule has 2 aliphatic heterocycles. The van der Waals surface area contributed by atoms with Crippen LogP contribution in [0.4, 0.5) is 0 Å². The highest BCUT2D eigenvalue weighted by atomic mass is 28.3. The Bertz CT molecular complexity index is 781. The monoisotopic (exact) mass is 332 g/mol. The molecule has 1 aromatic rings. The summed E-state index contributed by atoms with van der Waals surface area (Å²) in [6.45, 7) is 7.79. The minimum atomic E-state index is -1.33. The SMILES string of the molecule is C[Si](C)(C)C#CC#Cc1ccc(C2=CN=C([C@@H]3CCCN3)C2)cc1. The molecule has 0 bridgehead atoms. The van der Waals surface area contributed by atoms with Crippen LogP contribution in [0.15, 0.2) is 35.5 Å². The van der Waals surface area contributed by atoms with Gasteiger partial charge in [-0.05, 0) is 54.5 Å². The Hall–Kier alpha value is -2.07. The van der Waals surface area contributed by atoms with Gasteiger partial charge in [-0.25, -0.2) is 0 Å². The van der Waals surface area contributed by atoms with Crippen LogP contribution in [0.3, 0.4) is 0 Å². The van der Waals surface area contributed by atoms with E-state index in [2.05, 4.69) is 77.5 Å². The third-order valence-corrected chi connectivity index (χ3v) is 5.06. The van der Waals surface area contributed by atoms with Gasteiger partial charge in [-0.15, -0.1) is 5.54 Å². The van der Waals surface area contributed by atoms with Gasteiger partial charge in [-0.3, -0.25) is 4.99 Å². The van der Waals surface area contributed by atoms with Crippen molar-refractivity contribution in [3.63, 3.8) is 0 Å². The third kappa shape index (κ3) is 4.48. The maximum Gasteiger partial charge on any atom is 0.130 e. The molecule has 1 fully saturated rings. The van der Waals surface area contributed by atoms with Crippen molar-refractivity contribution < 1.29 is 0 Å². The predicted molar refractivity (Wildman–Crippen MR) is 105 cm³/mol. The maximum atomic E-state index is 4.63. The van der Waals surface area contributed by atoms with E-state index in [0.29, 0.717) is 6.04 Å². The summed E-state index contributed by atoms with van der Waals surface area (Å²) in [6, 6.07) is 8.91. The number of benzene rings is 1. The molecule has 0 amide bonds. The molecule has 0 aliphatic carbocycles. The van der Waals surface area contributed by atoms with E-state index in [4.69, 9.17) is 0 Å². The standard InChI is InChI=1S/C21H24N2Si/c1-24(2,3)14-5-4-7-17-9-11-18(12-10-17)19-15-21(23-16-19)20-8-6-13-22-20/h9-12,16,20,22H,6,8,13,15H2,1-3H3/t20-/m0/s1. The highest BCUT2D eigenvalue weighted by Gasteiger charge is 2.23. The summed E-state index contributed by atoms with van der Waals surface area (Å²) in [6.07, 6.45) is 5.46. The van der Waals surface area contributed by atoms with E-state index in [1.54, 1.807) is 0 Å². The number of aliphatic imine (C=N–C) groups is 1. The minimum Gasteiger partial charge on any atom is -0.309 e. The first-order chi connectivity index (χ1) is 11.5. The van der Waals surface area contributed by atoms with Crippen molar-refractivity contribution in [2.24, 2.45) is 4.99 Å². The molecule has 2 heterocycles. The predicted octanol–water partition coefficient (Wildman–Crippen LogP) is 3.86. The summed E-state index contributed by atoms with van der Waals surface area (Å²) in [5.41, 5.74) is 8.11. The van der Waals surface area contributed by atoms with Crippen molar-refractivity contribution in [2.45, 2.75) is 44.9 Å². The Morgan fingerprint density at radius 2 is 1.92 bits per heavy atom. The second kappa shape index (κ2) is 7.22. The number of nitrogens with zero attached hydrogens (tertiary/aromatic N) is 1. The first-order valence-corrected chi connectivity index (χ1v) is 12.1. The van der Waals surface area contributed by atoms with Gasteiger partial charge in [-0.1, -0.05) is 37.7 Å². The third-order valence-electron chi connectivity index (χ3n) is 4.18. The lowest BCUT2D eigenvalue weighted by molar-refractivity contribution is 0.756. The summed E-state index contributed by atoms with van der Waals surface area (Å²) in [5.74, 6) is 9.09. The normalized spacial score (nSPS) is 19.7. The van der Waals surface area contributed by atoms with Gasteiger partial charge in [0.2, 0.25) is 0 Å². The van der Waals surface area contributed by atoms with Crippen molar-refractivity contribution in [3.8, 4) is 23.3 Å². The van der Waals surface area contributed by atoms with E-state index >= 15 is 0 Å². The van der Waals surface area contributed by atoms with Crippen LogP contribution in [0.2, 0.25) is 19.6 Å². The average Bonchev–Trinajstić information content (AvgIpc) is 3.22. The van der Waals surface area contributed by atoms with Crippen LogP contribution in [-0.4, -0.2) is 26.4 Å². The van der Waals surface area contributed by atoms with Crippen LogP contribution < -0.4 is 5.32 Å². The van der Waals surface area contributed by atoms with E-state index in [1.165, 1.54) is 29.7 Å². The molecule has 0 unspecified atom stereocenters. The Morgan fingerprint density at radius 1 is 1.12 bits per heavy atom. The van der Waals surface area contributed by atoms with E-state index < -0.39 is 8.07 Å². The van der Waals surface area contributed by atoms with E-state index in [1.807, 2.05) is 6.20 Å². The Labute approximate surface area is 146 Å². The Kier molecular flexibility index (Phi) is 5.05. The number of hydrogen-bond donors (Lipinski definition) is 1. The molecule has 24 heavy (non-hydrogen) atoms. The second-order valence-electron chi connectivity index (χ2n) is 7.43. The lowest BCUT2D eigenvalue weighted by Crippen LogP contribution is -2.29. The molecule has 0 spiro atoms. The zero-order chi connectivity index (χ0) is 17.0. The molecule has 0 radical (unpaired) electrons. The smallest absolute Gasteiger partial charge is 0.130 e. The van der Waals surface area contributed by atoms with E-state index in [-0.39, 0.29) is 0 Å². The van der Waals surface area contributed by atoms with Gasteiger partial charge in [0.25, 0.3) is 0 Å². The average molecular weight is 333 g/mol. The van der Waals surface area contributed by atoms with E-state index in [9.17, 15) is 0 Å². The molecule has 3 heteroatoms. The summed E-state index contributed by atoms with van der Waals surface area (Å²) < 4.78 is 0. The molecule has 2 nitrogen and oxygen atoms in total. The van der Waals surface area contributed by atoms with Gasteiger partial charge in [0.15, 0.2) is 0 Å². The Balaban J connectivity index is 1.61. The van der Waals surface area contributed by atoms with Gasteiger partial charge in [0.1, 0.15) is 8.07 Å². The molecule has 1 saturated heterocycles.